The number of rotatable bonds is 6. The van der Waals surface area contributed by atoms with E-state index in [4.69, 9.17) is 9.47 Å². The number of hydrogen-bond acceptors (Lipinski definition) is 3. The zero-order valence-corrected chi connectivity index (χ0v) is 11.2. The molecule has 0 spiro atoms. The lowest BCUT2D eigenvalue weighted by Gasteiger charge is -2.33. The van der Waals surface area contributed by atoms with Gasteiger partial charge in [0, 0.05) is 32.4 Å². The maximum Gasteiger partial charge on any atom is 0.0618 e. The third kappa shape index (κ3) is 4.40. The zero-order valence-electron chi connectivity index (χ0n) is 11.2. The molecule has 1 aliphatic heterocycles. The van der Waals surface area contributed by atoms with Gasteiger partial charge in [-0.25, -0.2) is 0 Å². The van der Waals surface area contributed by atoms with Crippen LogP contribution in [0, 0.1) is 11.8 Å². The van der Waals surface area contributed by atoms with E-state index in [9.17, 15) is 0 Å². The minimum atomic E-state index is 0.461. The molecule has 1 rings (SSSR count). The van der Waals surface area contributed by atoms with E-state index in [0.717, 1.165) is 25.7 Å². The molecule has 0 aliphatic carbocycles. The fourth-order valence-corrected chi connectivity index (χ4v) is 2.30. The van der Waals surface area contributed by atoms with Crippen LogP contribution in [0.4, 0.5) is 0 Å². The van der Waals surface area contributed by atoms with Crippen molar-refractivity contribution in [1.82, 2.24) is 5.32 Å². The lowest BCUT2D eigenvalue weighted by Crippen LogP contribution is -2.47. The molecule has 1 heterocycles. The summed E-state index contributed by atoms with van der Waals surface area (Å²) in [7, 11) is 1.77. The maximum atomic E-state index is 5.40. The molecule has 2 atom stereocenters. The standard InChI is InChI=1S/C13H27NO2/c1-10(2)13(9-15-4)14-11(3)12-5-7-16-8-6-12/h10-14H,5-9H2,1-4H3. The van der Waals surface area contributed by atoms with Crippen LogP contribution >= 0.6 is 0 Å². The Morgan fingerprint density at radius 1 is 1.25 bits per heavy atom. The SMILES string of the molecule is COCC(NC(C)C1CCOCC1)C(C)C. The van der Waals surface area contributed by atoms with Crippen molar-refractivity contribution in [3.05, 3.63) is 0 Å². The molecule has 0 saturated carbocycles. The summed E-state index contributed by atoms with van der Waals surface area (Å²) in [6.45, 7) is 9.42. The van der Waals surface area contributed by atoms with Crippen LogP contribution in [0.1, 0.15) is 33.6 Å². The summed E-state index contributed by atoms with van der Waals surface area (Å²) in [5.41, 5.74) is 0. The summed E-state index contributed by atoms with van der Waals surface area (Å²) >= 11 is 0. The van der Waals surface area contributed by atoms with Crippen molar-refractivity contribution in [1.29, 1.82) is 0 Å². The van der Waals surface area contributed by atoms with Gasteiger partial charge in [0.15, 0.2) is 0 Å². The van der Waals surface area contributed by atoms with Gasteiger partial charge in [0.2, 0.25) is 0 Å². The third-order valence-electron chi connectivity index (χ3n) is 3.60. The first-order chi connectivity index (χ1) is 7.65. The Bertz CT molecular complexity index is 179. The van der Waals surface area contributed by atoms with Crippen molar-refractivity contribution in [3.63, 3.8) is 0 Å². The highest BCUT2D eigenvalue weighted by atomic mass is 16.5. The van der Waals surface area contributed by atoms with Gasteiger partial charge >= 0.3 is 0 Å². The predicted molar refractivity (Wildman–Crippen MR) is 66.6 cm³/mol. The molecular formula is C13H27NO2. The monoisotopic (exact) mass is 229 g/mol. The van der Waals surface area contributed by atoms with E-state index in [-0.39, 0.29) is 0 Å². The molecule has 1 aliphatic rings. The van der Waals surface area contributed by atoms with Crippen LogP contribution in [0.2, 0.25) is 0 Å². The first-order valence-electron chi connectivity index (χ1n) is 6.48. The van der Waals surface area contributed by atoms with Crippen LogP contribution in [-0.4, -0.2) is 39.0 Å². The molecule has 0 radical (unpaired) electrons. The number of nitrogens with one attached hydrogen (secondary N) is 1. The quantitative estimate of drug-likeness (QED) is 0.756. The van der Waals surface area contributed by atoms with Gasteiger partial charge in [-0.05, 0) is 31.6 Å². The molecule has 3 heteroatoms. The smallest absolute Gasteiger partial charge is 0.0618 e. The Labute approximate surface area is 99.9 Å². The zero-order chi connectivity index (χ0) is 12.0. The van der Waals surface area contributed by atoms with Crippen molar-refractivity contribution in [3.8, 4) is 0 Å². The normalized spacial score (nSPS) is 22.3. The van der Waals surface area contributed by atoms with Crippen LogP contribution in [0.3, 0.4) is 0 Å². The average molecular weight is 229 g/mol. The molecule has 0 aromatic rings. The molecule has 0 amide bonds. The molecule has 0 aromatic carbocycles. The Morgan fingerprint density at radius 2 is 1.88 bits per heavy atom. The topological polar surface area (TPSA) is 30.5 Å². The number of hydrogen-bond donors (Lipinski definition) is 1. The van der Waals surface area contributed by atoms with Crippen molar-refractivity contribution >= 4 is 0 Å². The largest absolute Gasteiger partial charge is 0.383 e. The van der Waals surface area contributed by atoms with Gasteiger partial charge in [0.1, 0.15) is 0 Å². The van der Waals surface area contributed by atoms with Gasteiger partial charge in [0.05, 0.1) is 6.61 Å². The molecule has 1 N–H and O–H groups in total. The minimum Gasteiger partial charge on any atom is -0.383 e. The molecule has 1 fully saturated rings. The minimum absolute atomic E-state index is 0.461. The highest BCUT2D eigenvalue weighted by Gasteiger charge is 2.23. The second-order valence-corrected chi connectivity index (χ2v) is 5.21. The molecule has 3 nitrogen and oxygen atoms in total. The van der Waals surface area contributed by atoms with Gasteiger partial charge in [-0.3, -0.25) is 0 Å². The van der Waals surface area contributed by atoms with Gasteiger partial charge < -0.3 is 14.8 Å². The van der Waals surface area contributed by atoms with E-state index in [2.05, 4.69) is 26.1 Å². The van der Waals surface area contributed by atoms with Crippen molar-refractivity contribution in [2.24, 2.45) is 11.8 Å². The Morgan fingerprint density at radius 3 is 2.38 bits per heavy atom. The first-order valence-corrected chi connectivity index (χ1v) is 6.48. The van der Waals surface area contributed by atoms with Crippen molar-refractivity contribution in [2.75, 3.05) is 26.9 Å². The van der Waals surface area contributed by atoms with Gasteiger partial charge in [-0.1, -0.05) is 13.8 Å². The fraction of sp³-hybridized carbons (Fsp3) is 1.00. The third-order valence-corrected chi connectivity index (χ3v) is 3.60. The van der Waals surface area contributed by atoms with Gasteiger partial charge in [0.25, 0.3) is 0 Å². The number of ether oxygens (including phenoxy) is 2. The summed E-state index contributed by atoms with van der Waals surface area (Å²) in [5, 5.41) is 3.71. The highest BCUT2D eigenvalue weighted by Crippen LogP contribution is 2.19. The van der Waals surface area contributed by atoms with Gasteiger partial charge in [-0.2, -0.15) is 0 Å². The molecule has 2 unspecified atom stereocenters. The van der Waals surface area contributed by atoms with E-state index in [1.165, 1.54) is 12.8 Å². The summed E-state index contributed by atoms with van der Waals surface area (Å²) < 4.78 is 10.7. The average Bonchev–Trinajstić information content (AvgIpc) is 2.29. The van der Waals surface area contributed by atoms with E-state index >= 15 is 0 Å². The molecular weight excluding hydrogens is 202 g/mol. The van der Waals surface area contributed by atoms with E-state index in [0.29, 0.717) is 18.0 Å². The maximum absolute atomic E-state index is 5.40. The molecule has 16 heavy (non-hydrogen) atoms. The Hall–Kier alpha value is -0.120. The Balaban J connectivity index is 2.36. The Kier molecular flexibility index (Phi) is 6.32. The van der Waals surface area contributed by atoms with Crippen LogP contribution in [-0.2, 0) is 9.47 Å². The predicted octanol–water partition coefficient (Wildman–Crippen LogP) is 2.06. The van der Waals surface area contributed by atoms with E-state index < -0.39 is 0 Å². The van der Waals surface area contributed by atoms with Crippen molar-refractivity contribution < 1.29 is 9.47 Å². The highest BCUT2D eigenvalue weighted by molar-refractivity contribution is 4.80. The van der Waals surface area contributed by atoms with Crippen LogP contribution in [0.25, 0.3) is 0 Å². The lowest BCUT2D eigenvalue weighted by molar-refractivity contribution is 0.0497. The van der Waals surface area contributed by atoms with E-state index in [1.54, 1.807) is 7.11 Å². The molecule has 0 bridgehead atoms. The van der Waals surface area contributed by atoms with Crippen LogP contribution in [0.5, 0.6) is 0 Å². The molecule has 96 valence electrons. The van der Waals surface area contributed by atoms with Gasteiger partial charge in [-0.15, -0.1) is 0 Å². The van der Waals surface area contributed by atoms with Crippen molar-refractivity contribution in [2.45, 2.75) is 45.7 Å². The summed E-state index contributed by atoms with van der Waals surface area (Å²) in [6.07, 6.45) is 2.37. The lowest BCUT2D eigenvalue weighted by atomic mass is 9.91. The fourth-order valence-electron chi connectivity index (χ4n) is 2.30. The summed E-state index contributed by atoms with van der Waals surface area (Å²) in [5.74, 6) is 1.37. The van der Waals surface area contributed by atoms with Crippen LogP contribution in [0.15, 0.2) is 0 Å². The molecule has 0 aromatic heterocycles. The second-order valence-electron chi connectivity index (χ2n) is 5.21. The van der Waals surface area contributed by atoms with E-state index in [1.807, 2.05) is 0 Å². The second kappa shape index (κ2) is 7.25. The molecule has 1 saturated heterocycles. The van der Waals surface area contributed by atoms with Crippen LogP contribution < -0.4 is 5.32 Å². The summed E-state index contributed by atoms with van der Waals surface area (Å²) in [4.78, 5) is 0. The summed E-state index contributed by atoms with van der Waals surface area (Å²) in [6, 6.07) is 1.02. The first kappa shape index (κ1) is 13.9. The number of methoxy groups -OCH3 is 1.